The number of anilines is 1. The topological polar surface area (TPSA) is 49.2 Å². The molecule has 0 aromatic carbocycles. The van der Waals surface area contributed by atoms with Gasteiger partial charge in [-0.2, -0.15) is 11.8 Å². The first-order valence-electron chi connectivity index (χ1n) is 5.46. The third kappa shape index (κ3) is 2.30. The molecule has 0 spiro atoms. The molecule has 1 aromatic heterocycles. The maximum absolute atomic E-state index is 9.06. The van der Waals surface area contributed by atoms with Crippen molar-refractivity contribution in [2.75, 3.05) is 23.5 Å². The van der Waals surface area contributed by atoms with Gasteiger partial charge in [0.1, 0.15) is 0 Å². The summed E-state index contributed by atoms with van der Waals surface area (Å²) in [6.07, 6.45) is 2.92. The molecule has 1 aliphatic heterocycles. The van der Waals surface area contributed by atoms with Gasteiger partial charge in [-0.25, -0.2) is 9.97 Å². The number of hydrogen-bond acceptors (Lipinski definition) is 5. The minimum atomic E-state index is 0.00904. The molecular weight excluding hydrogens is 222 g/mol. The Bertz CT molecular complexity index is 366. The van der Waals surface area contributed by atoms with Crippen LogP contribution in [0.2, 0.25) is 0 Å². The normalized spacial score (nSPS) is 20.1. The molecule has 0 radical (unpaired) electrons. The third-order valence-corrected chi connectivity index (χ3v) is 4.15. The molecular formula is C11H17N3OS. The lowest BCUT2D eigenvalue weighted by Gasteiger charge is -2.24. The molecule has 0 bridgehead atoms. The molecule has 88 valence electrons. The Morgan fingerprint density at radius 1 is 1.62 bits per heavy atom. The number of aromatic nitrogens is 2. The highest BCUT2D eigenvalue weighted by molar-refractivity contribution is 7.99. The van der Waals surface area contributed by atoms with Crippen molar-refractivity contribution in [3.8, 4) is 0 Å². The number of aryl methyl sites for hydroxylation is 1. The van der Waals surface area contributed by atoms with Crippen LogP contribution in [0.3, 0.4) is 0 Å². The Labute approximate surface area is 100 Å². The molecule has 2 rings (SSSR count). The largest absolute Gasteiger partial charge is 0.392 e. The molecule has 1 fully saturated rings. The molecule has 0 amide bonds. The summed E-state index contributed by atoms with van der Waals surface area (Å²) in [7, 11) is 2.05. The molecule has 1 unspecified atom stereocenters. The van der Waals surface area contributed by atoms with Gasteiger partial charge in [-0.1, -0.05) is 0 Å². The van der Waals surface area contributed by atoms with Gasteiger partial charge in [-0.15, -0.1) is 0 Å². The lowest BCUT2D eigenvalue weighted by Crippen LogP contribution is -2.32. The van der Waals surface area contributed by atoms with E-state index in [1.54, 1.807) is 6.20 Å². The molecule has 0 aliphatic carbocycles. The van der Waals surface area contributed by atoms with Crippen molar-refractivity contribution < 1.29 is 5.11 Å². The van der Waals surface area contributed by atoms with Gasteiger partial charge in [-0.05, 0) is 19.1 Å². The third-order valence-electron chi connectivity index (χ3n) is 3.01. The average Bonchev–Trinajstić information content (AvgIpc) is 2.81. The summed E-state index contributed by atoms with van der Waals surface area (Å²) in [5, 5.41) is 9.06. The second-order valence-corrected chi connectivity index (χ2v) is 5.22. The van der Waals surface area contributed by atoms with E-state index in [4.69, 9.17) is 5.11 Å². The van der Waals surface area contributed by atoms with E-state index in [9.17, 15) is 0 Å². The van der Waals surface area contributed by atoms with Gasteiger partial charge in [-0.3, -0.25) is 0 Å². The second-order valence-electron chi connectivity index (χ2n) is 4.07. The van der Waals surface area contributed by atoms with Crippen molar-refractivity contribution in [3.63, 3.8) is 0 Å². The van der Waals surface area contributed by atoms with E-state index in [1.807, 2.05) is 25.7 Å². The van der Waals surface area contributed by atoms with Crippen molar-refractivity contribution in [3.05, 3.63) is 17.5 Å². The first-order valence-corrected chi connectivity index (χ1v) is 6.62. The van der Waals surface area contributed by atoms with Crippen LogP contribution < -0.4 is 4.90 Å². The van der Waals surface area contributed by atoms with Gasteiger partial charge < -0.3 is 10.0 Å². The monoisotopic (exact) mass is 239 g/mol. The molecule has 1 aliphatic rings. The Morgan fingerprint density at radius 3 is 3.00 bits per heavy atom. The van der Waals surface area contributed by atoms with E-state index < -0.39 is 0 Å². The van der Waals surface area contributed by atoms with Gasteiger partial charge >= 0.3 is 0 Å². The number of rotatable bonds is 3. The minimum absolute atomic E-state index is 0.00904. The summed E-state index contributed by atoms with van der Waals surface area (Å²) < 4.78 is 0. The van der Waals surface area contributed by atoms with E-state index >= 15 is 0 Å². The molecule has 16 heavy (non-hydrogen) atoms. The number of aliphatic hydroxyl groups excluding tert-OH is 1. The lowest BCUT2D eigenvalue weighted by atomic mass is 10.2. The quantitative estimate of drug-likeness (QED) is 0.859. The summed E-state index contributed by atoms with van der Waals surface area (Å²) in [6.45, 7) is 1.92. The summed E-state index contributed by atoms with van der Waals surface area (Å²) in [5.41, 5.74) is 1.67. The van der Waals surface area contributed by atoms with Gasteiger partial charge in [0.15, 0.2) is 0 Å². The Hall–Kier alpha value is -0.810. The Kier molecular flexibility index (Phi) is 3.66. The van der Waals surface area contributed by atoms with Crippen molar-refractivity contribution in [2.45, 2.75) is 26.0 Å². The molecule has 0 saturated carbocycles. The van der Waals surface area contributed by atoms with Crippen molar-refractivity contribution >= 4 is 17.7 Å². The zero-order chi connectivity index (χ0) is 11.5. The van der Waals surface area contributed by atoms with Crippen LogP contribution >= 0.6 is 11.8 Å². The fourth-order valence-corrected chi connectivity index (χ4v) is 3.06. The molecule has 1 atom stereocenters. The zero-order valence-electron chi connectivity index (χ0n) is 9.68. The van der Waals surface area contributed by atoms with E-state index in [2.05, 4.69) is 14.9 Å². The van der Waals surface area contributed by atoms with E-state index in [1.165, 1.54) is 12.2 Å². The summed E-state index contributed by atoms with van der Waals surface area (Å²) in [6, 6.07) is 0.546. The minimum Gasteiger partial charge on any atom is -0.392 e. The van der Waals surface area contributed by atoms with E-state index in [0.29, 0.717) is 6.04 Å². The average molecular weight is 239 g/mol. The van der Waals surface area contributed by atoms with Crippen LogP contribution in [0.25, 0.3) is 0 Å². The first-order chi connectivity index (χ1) is 7.72. The number of hydrogen-bond donors (Lipinski definition) is 1. The highest BCUT2D eigenvalue weighted by Crippen LogP contribution is 2.24. The van der Waals surface area contributed by atoms with E-state index in [-0.39, 0.29) is 6.61 Å². The fraction of sp³-hybridized carbons (Fsp3) is 0.636. The smallest absolute Gasteiger partial charge is 0.225 e. The highest BCUT2D eigenvalue weighted by atomic mass is 32.2. The predicted octanol–water partition coefficient (Wildman–Crippen LogP) is 1.22. The van der Waals surface area contributed by atoms with Crippen LogP contribution in [-0.2, 0) is 6.61 Å². The lowest BCUT2D eigenvalue weighted by molar-refractivity contribution is 0.280. The van der Waals surface area contributed by atoms with Crippen LogP contribution in [0.1, 0.15) is 17.7 Å². The molecule has 1 aromatic rings. The van der Waals surface area contributed by atoms with Crippen LogP contribution in [0, 0.1) is 6.92 Å². The molecule has 1 saturated heterocycles. The van der Waals surface area contributed by atoms with Crippen molar-refractivity contribution in [2.24, 2.45) is 0 Å². The fourth-order valence-electron chi connectivity index (χ4n) is 1.80. The van der Waals surface area contributed by atoms with Crippen LogP contribution in [0.15, 0.2) is 6.20 Å². The maximum atomic E-state index is 9.06. The molecule has 2 heterocycles. The summed E-state index contributed by atoms with van der Waals surface area (Å²) >= 11 is 1.98. The summed E-state index contributed by atoms with van der Waals surface area (Å²) in [4.78, 5) is 10.9. The number of nitrogens with zero attached hydrogens (tertiary/aromatic N) is 3. The van der Waals surface area contributed by atoms with E-state index in [0.717, 1.165) is 23.0 Å². The standard InChI is InChI=1S/C11H17N3OS/c1-8-9(6-15)5-12-11(13-8)14(2)10-3-4-16-7-10/h5,10,15H,3-4,6-7H2,1-2H3. The zero-order valence-corrected chi connectivity index (χ0v) is 10.5. The predicted molar refractivity (Wildman–Crippen MR) is 66.8 cm³/mol. The molecule has 5 heteroatoms. The van der Waals surface area contributed by atoms with Crippen molar-refractivity contribution in [1.29, 1.82) is 0 Å². The van der Waals surface area contributed by atoms with Crippen LogP contribution in [-0.4, -0.2) is 39.7 Å². The highest BCUT2D eigenvalue weighted by Gasteiger charge is 2.22. The van der Waals surface area contributed by atoms with Gasteiger partial charge in [0.25, 0.3) is 0 Å². The second kappa shape index (κ2) is 5.01. The number of thioether (sulfide) groups is 1. The molecule has 1 N–H and O–H groups in total. The molecule has 4 nitrogen and oxygen atoms in total. The van der Waals surface area contributed by atoms with Gasteiger partial charge in [0.05, 0.1) is 6.61 Å². The Balaban J connectivity index is 2.16. The number of aliphatic hydroxyl groups is 1. The van der Waals surface area contributed by atoms with Gasteiger partial charge in [0.2, 0.25) is 5.95 Å². The maximum Gasteiger partial charge on any atom is 0.225 e. The Morgan fingerprint density at radius 2 is 2.44 bits per heavy atom. The summed E-state index contributed by atoms with van der Waals surface area (Å²) in [5.74, 6) is 3.14. The first kappa shape index (κ1) is 11.7. The van der Waals surface area contributed by atoms with Crippen LogP contribution in [0.4, 0.5) is 5.95 Å². The van der Waals surface area contributed by atoms with Gasteiger partial charge in [0, 0.05) is 36.3 Å². The van der Waals surface area contributed by atoms with Crippen molar-refractivity contribution in [1.82, 2.24) is 9.97 Å². The van der Waals surface area contributed by atoms with Crippen LogP contribution in [0.5, 0.6) is 0 Å². The SMILES string of the molecule is Cc1nc(N(C)C2CCSC2)ncc1CO.